The van der Waals surface area contributed by atoms with Crippen LogP contribution in [-0.2, 0) is 18.0 Å². The Morgan fingerprint density at radius 2 is 1.51 bits per heavy atom. The van der Waals surface area contributed by atoms with Gasteiger partial charge in [0, 0.05) is 19.4 Å². The van der Waals surface area contributed by atoms with Gasteiger partial charge < -0.3 is 25.0 Å². The number of nitrogens with two attached hydrogens (primary N) is 1. The van der Waals surface area contributed by atoms with E-state index in [0.717, 1.165) is 16.7 Å². The zero-order chi connectivity index (χ0) is 27.8. The minimum atomic E-state index is -0.361. The van der Waals surface area contributed by atoms with Crippen LogP contribution in [0, 0.1) is 0 Å². The van der Waals surface area contributed by atoms with Crippen molar-refractivity contribution in [2.45, 2.75) is 46.3 Å². The Hall–Kier alpha value is -4.43. The number of carbonyl (C=O) groups excluding carboxylic acids is 2. The first-order valence-corrected chi connectivity index (χ1v) is 12.9. The number of benzene rings is 3. The van der Waals surface area contributed by atoms with E-state index in [-0.39, 0.29) is 54.3 Å². The molecule has 8 heteroatoms. The van der Waals surface area contributed by atoms with Gasteiger partial charge >= 0.3 is 0 Å². The summed E-state index contributed by atoms with van der Waals surface area (Å²) in [5.74, 6) is 0.760. The number of ketones is 1. The monoisotopic (exact) mass is 527 g/mol. The van der Waals surface area contributed by atoms with Crippen LogP contribution in [0.3, 0.4) is 0 Å². The molecule has 0 saturated carbocycles. The third kappa shape index (κ3) is 6.91. The van der Waals surface area contributed by atoms with E-state index in [1.54, 1.807) is 0 Å². The lowest BCUT2D eigenvalue weighted by molar-refractivity contribution is -0.114. The van der Waals surface area contributed by atoms with Crippen LogP contribution in [0.5, 0.6) is 11.5 Å². The van der Waals surface area contributed by atoms with Crippen molar-refractivity contribution in [1.82, 2.24) is 5.16 Å². The highest BCUT2D eigenvalue weighted by molar-refractivity contribution is 6.06. The topological polar surface area (TPSA) is 117 Å². The molecule has 0 atom stereocenters. The van der Waals surface area contributed by atoms with Crippen molar-refractivity contribution in [3.63, 3.8) is 0 Å². The van der Waals surface area contributed by atoms with Gasteiger partial charge in [-0.3, -0.25) is 9.59 Å². The Morgan fingerprint density at radius 1 is 0.923 bits per heavy atom. The molecular weight excluding hydrogens is 494 g/mol. The van der Waals surface area contributed by atoms with Crippen molar-refractivity contribution in [3.8, 4) is 22.8 Å². The van der Waals surface area contributed by atoms with E-state index in [4.69, 9.17) is 19.7 Å². The molecule has 39 heavy (non-hydrogen) atoms. The predicted molar refractivity (Wildman–Crippen MR) is 150 cm³/mol. The normalized spacial score (nSPS) is 10.9. The van der Waals surface area contributed by atoms with Gasteiger partial charge in [0.2, 0.25) is 5.91 Å². The lowest BCUT2D eigenvalue weighted by Crippen LogP contribution is -2.13. The van der Waals surface area contributed by atoms with Gasteiger partial charge in [-0.15, -0.1) is 0 Å². The first-order chi connectivity index (χ1) is 18.9. The molecule has 0 saturated heterocycles. The molecule has 8 nitrogen and oxygen atoms in total. The van der Waals surface area contributed by atoms with Crippen molar-refractivity contribution >= 4 is 17.4 Å². The minimum Gasteiger partial charge on any atom is -0.488 e. The molecule has 3 N–H and O–H groups in total. The highest BCUT2D eigenvalue weighted by Crippen LogP contribution is 2.43. The summed E-state index contributed by atoms with van der Waals surface area (Å²) in [4.78, 5) is 24.8. The highest BCUT2D eigenvalue weighted by Gasteiger charge is 2.27. The van der Waals surface area contributed by atoms with Gasteiger partial charge in [0.15, 0.2) is 17.2 Å². The number of rotatable bonds is 12. The third-order valence-electron chi connectivity index (χ3n) is 6.08. The fourth-order valence-corrected chi connectivity index (χ4v) is 4.13. The van der Waals surface area contributed by atoms with Gasteiger partial charge in [0.05, 0.1) is 5.56 Å². The van der Waals surface area contributed by atoms with Gasteiger partial charge in [-0.25, -0.2) is 0 Å². The first kappa shape index (κ1) is 27.6. The van der Waals surface area contributed by atoms with Crippen molar-refractivity contribution in [2.24, 2.45) is 5.73 Å². The molecule has 4 rings (SSSR count). The van der Waals surface area contributed by atoms with E-state index >= 15 is 0 Å². The SMILES string of the molecule is CC(=O)Nc1c(C(=O)CCN)noc1-c1cc(C(C)C)c(OCc2ccccc2)cc1OCc1ccccc1. The molecular formula is C31H33N3O5. The molecule has 1 amide bonds. The molecule has 0 aliphatic rings. The van der Waals surface area contributed by atoms with Crippen LogP contribution < -0.4 is 20.5 Å². The fraction of sp³-hybridized carbons (Fsp3) is 0.258. The van der Waals surface area contributed by atoms with E-state index in [0.29, 0.717) is 23.7 Å². The van der Waals surface area contributed by atoms with E-state index < -0.39 is 0 Å². The summed E-state index contributed by atoms with van der Waals surface area (Å²) in [6, 6.07) is 23.4. The van der Waals surface area contributed by atoms with E-state index in [2.05, 4.69) is 24.3 Å². The average Bonchev–Trinajstić information content (AvgIpc) is 3.34. The van der Waals surface area contributed by atoms with Gasteiger partial charge in [0.1, 0.15) is 30.4 Å². The van der Waals surface area contributed by atoms with Crippen LogP contribution in [0.15, 0.2) is 77.3 Å². The molecule has 1 heterocycles. The van der Waals surface area contributed by atoms with Crippen LogP contribution in [0.1, 0.15) is 60.3 Å². The lowest BCUT2D eigenvalue weighted by Gasteiger charge is -2.19. The zero-order valence-corrected chi connectivity index (χ0v) is 22.4. The second-order valence-corrected chi connectivity index (χ2v) is 9.47. The van der Waals surface area contributed by atoms with Gasteiger partial charge in [-0.1, -0.05) is 79.7 Å². The van der Waals surface area contributed by atoms with Gasteiger partial charge in [0.25, 0.3) is 0 Å². The number of hydrogen-bond acceptors (Lipinski definition) is 7. The Kier molecular flexibility index (Phi) is 9.12. The molecule has 0 radical (unpaired) electrons. The molecule has 4 aromatic rings. The molecule has 0 aliphatic heterocycles. The fourth-order valence-electron chi connectivity index (χ4n) is 4.13. The van der Waals surface area contributed by atoms with Crippen LogP contribution in [0.2, 0.25) is 0 Å². The number of nitrogens with zero attached hydrogens (tertiary/aromatic N) is 1. The number of amides is 1. The van der Waals surface area contributed by atoms with E-state index in [9.17, 15) is 9.59 Å². The Labute approximate surface area is 228 Å². The molecule has 1 aromatic heterocycles. The number of Topliss-reactive ketones (excluding diaryl/α,β-unsaturated/α-hetero) is 1. The number of aromatic nitrogens is 1. The molecule has 0 spiro atoms. The molecule has 202 valence electrons. The summed E-state index contributed by atoms with van der Waals surface area (Å²) in [7, 11) is 0. The number of hydrogen-bond donors (Lipinski definition) is 2. The van der Waals surface area contributed by atoms with Crippen molar-refractivity contribution < 1.29 is 23.6 Å². The Balaban J connectivity index is 1.82. The standard InChI is InChI=1S/C31H33N3O5/c1-20(2)24-16-25(31-30(33-21(3)35)29(34-39-31)26(36)14-15-32)28(38-19-23-12-8-5-9-13-23)17-27(24)37-18-22-10-6-4-7-11-22/h4-13,16-17,20H,14-15,18-19,32H2,1-3H3,(H,33,35). The first-order valence-electron chi connectivity index (χ1n) is 12.9. The predicted octanol–water partition coefficient (Wildman–Crippen LogP) is 6.11. The highest BCUT2D eigenvalue weighted by atomic mass is 16.5. The number of carbonyl (C=O) groups is 2. The van der Waals surface area contributed by atoms with Crippen molar-refractivity contribution in [2.75, 3.05) is 11.9 Å². The Morgan fingerprint density at radius 3 is 2.05 bits per heavy atom. The average molecular weight is 528 g/mol. The quantitative estimate of drug-likeness (QED) is 0.213. The molecule has 0 fully saturated rings. The summed E-state index contributed by atoms with van der Waals surface area (Å²) >= 11 is 0. The van der Waals surface area contributed by atoms with E-state index in [1.807, 2.05) is 72.8 Å². The lowest BCUT2D eigenvalue weighted by atomic mass is 9.96. The van der Waals surface area contributed by atoms with Crippen molar-refractivity contribution in [1.29, 1.82) is 0 Å². The third-order valence-corrected chi connectivity index (χ3v) is 6.08. The van der Waals surface area contributed by atoms with Crippen molar-refractivity contribution in [3.05, 3.63) is 95.2 Å². The maximum absolute atomic E-state index is 12.7. The van der Waals surface area contributed by atoms with Crippen LogP contribution >= 0.6 is 0 Å². The zero-order valence-electron chi connectivity index (χ0n) is 22.4. The molecule has 3 aromatic carbocycles. The maximum atomic E-state index is 12.7. The summed E-state index contributed by atoms with van der Waals surface area (Å²) in [5, 5.41) is 6.74. The molecule has 0 bridgehead atoms. The largest absolute Gasteiger partial charge is 0.488 e. The Bertz CT molecular complexity index is 1420. The summed E-state index contributed by atoms with van der Waals surface area (Å²) in [6.07, 6.45) is 0.0689. The summed E-state index contributed by atoms with van der Waals surface area (Å²) in [6.45, 7) is 6.30. The number of ether oxygens (including phenoxy) is 2. The van der Waals surface area contributed by atoms with Gasteiger partial charge in [-0.05, 0) is 35.2 Å². The smallest absolute Gasteiger partial charge is 0.221 e. The van der Waals surface area contributed by atoms with Crippen LogP contribution in [0.25, 0.3) is 11.3 Å². The maximum Gasteiger partial charge on any atom is 0.221 e. The number of nitrogens with one attached hydrogen (secondary N) is 1. The van der Waals surface area contributed by atoms with Crippen LogP contribution in [-0.4, -0.2) is 23.4 Å². The summed E-state index contributed by atoms with van der Waals surface area (Å²) < 4.78 is 18.3. The van der Waals surface area contributed by atoms with Gasteiger partial charge in [-0.2, -0.15) is 0 Å². The molecule has 0 unspecified atom stereocenters. The van der Waals surface area contributed by atoms with Crippen LogP contribution in [0.4, 0.5) is 5.69 Å². The molecule has 0 aliphatic carbocycles. The van der Waals surface area contributed by atoms with E-state index in [1.165, 1.54) is 6.92 Å². The second kappa shape index (κ2) is 12.9. The summed E-state index contributed by atoms with van der Waals surface area (Å²) in [5.41, 5.74) is 9.28. The minimum absolute atomic E-state index is 0.0233. The number of anilines is 1. The second-order valence-electron chi connectivity index (χ2n) is 9.47.